The number of nitrogens with one attached hydrogen (secondary N) is 1. The van der Waals surface area contributed by atoms with E-state index in [0.29, 0.717) is 16.5 Å². The number of Topliss-reactive ketones (excluding diaryl/α,β-unsaturated/α-hetero) is 1. The Balaban J connectivity index is 1.75. The molecule has 9 heteroatoms. The maximum atomic E-state index is 12.4. The van der Waals surface area contributed by atoms with Crippen LogP contribution in [0.4, 0.5) is 5.69 Å². The Morgan fingerprint density at radius 2 is 2.00 bits per heavy atom. The zero-order chi connectivity index (χ0) is 18.8. The third-order valence-electron chi connectivity index (χ3n) is 3.56. The molecule has 1 aromatic carbocycles. The number of hydrogen-bond acceptors (Lipinski definition) is 7. The second-order valence-corrected chi connectivity index (χ2v) is 6.71. The lowest BCUT2D eigenvalue weighted by atomic mass is 10.1. The summed E-state index contributed by atoms with van der Waals surface area (Å²) in [5.74, 6) is 0.0326. The Morgan fingerprint density at radius 3 is 2.73 bits per heavy atom. The summed E-state index contributed by atoms with van der Waals surface area (Å²) >= 11 is 1.21. The second-order valence-electron chi connectivity index (χ2n) is 5.77. The molecule has 0 aliphatic carbocycles. The average Bonchev–Trinajstić information content (AvgIpc) is 2.97. The summed E-state index contributed by atoms with van der Waals surface area (Å²) in [4.78, 5) is 32.2. The molecule has 0 spiro atoms. The first-order valence-corrected chi connectivity index (χ1v) is 8.79. The highest BCUT2D eigenvalue weighted by atomic mass is 32.2. The minimum Gasteiger partial charge on any atom is -0.506 e. The van der Waals surface area contributed by atoms with Gasteiger partial charge in [0.1, 0.15) is 5.75 Å². The highest BCUT2D eigenvalue weighted by Crippen LogP contribution is 2.25. The van der Waals surface area contributed by atoms with Gasteiger partial charge in [0.25, 0.3) is 5.78 Å². The van der Waals surface area contributed by atoms with Crippen LogP contribution in [0.25, 0.3) is 5.78 Å². The zero-order valence-electron chi connectivity index (χ0n) is 14.5. The van der Waals surface area contributed by atoms with Crippen LogP contribution >= 0.6 is 11.8 Å². The van der Waals surface area contributed by atoms with Gasteiger partial charge in [-0.15, -0.1) is 5.10 Å². The molecule has 134 valence electrons. The van der Waals surface area contributed by atoms with Crippen molar-refractivity contribution in [2.75, 3.05) is 11.1 Å². The third-order valence-corrected chi connectivity index (χ3v) is 4.40. The molecule has 0 atom stereocenters. The summed E-state index contributed by atoms with van der Waals surface area (Å²) < 4.78 is 1.63. The van der Waals surface area contributed by atoms with Crippen LogP contribution in [0.15, 0.2) is 29.4 Å². The van der Waals surface area contributed by atoms with Crippen molar-refractivity contribution < 1.29 is 14.7 Å². The number of ketones is 1. The largest absolute Gasteiger partial charge is 0.506 e. The van der Waals surface area contributed by atoms with Crippen LogP contribution in [0.2, 0.25) is 0 Å². The molecular weight excluding hydrogens is 354 g/mol. The number of aromatic hydroxyl groups is 1. The molecule has 2 aromatic heterocycles. The fourth-order valence-electron chi connectivity index (χ4n) is 2.42. The van der Waals surface area contributed by atoms with E-state index in [1.807, 2.05) is 19.9 Å². The Labute approximate surface area is 153 Å². The van der Waals surface area contributed by atoms with Crippen LogP contribution in [0.5, 0.6) is 5.75 Å². The number of carbonyl (C=O) groups is 2. The standard InChI is InChI=1S/C17H17N5O3S/c1-9-6-10(2)22-16(18-9)20-17(21-22)26-8-15(25)12-4-5-14(24)13(7-12)19-11(3)23/h4-7,24H,8H2,1-3H3,(H,19,23). The van der Waals surface area contributed by atoms with Crippen LogP contribution in [-0.2, 0) is 4.79 Å². The van der Waals surface area contributed by atoms with Gasteiger partial charge in [-0.1, -0.05) is 11.8 Å². The molecule has 0 saturated carbocycles. The molecular formula is C17H17N5O3S. The minimum absolute atomic E-state index is 0.0941. The first-order chi connectivity index (χ1) is 12.3. The van der Waals surface area contributed by atoms with E-state index in [0.717, 1.165) is 11.4 Å². The van der Waals surface area contributed by atoms with Crippen molar-refractivity contribution in [1.29, 1.82) is 0 Å². The smallest absolute Gasteiger partial charge is 0.253 e. The topological polar surface area (TPSA) is 109 Å². The van der Waals surface area contributed by atoms with Crippen molar-refractivity contribution >= 4 is 34.9 Å². The number of anilines is 1. The van der Waals surface area contributed by atoms with Crippen LogP contribution in [0.1, 0.15) is 28.7 Å². The number of fused-ring (bicyclic) bond motifs is 1. The van der Waals surface area contributed by atoms with E-state index >= 15 is 0 Å². The molecule has 0 aliphatic heterocycles. The first kappa shape index (κ1) is 17.9. The van der Waals surface area contributed by atoms with Gasteiger partial charge in [-0.3, -0.25) is 9.59 Å². The zero-order valence-corrected chi connectivity index (χ0v) is 15.3. The van der Waals surface area contributed by atoms with Crippen molar-refractivity contribution in [3.8, 4) is 5.75 Å². The number of amides is 1. The highest BCUT2D eigenvalue weighted by Gasteiger charge is 2.14. The summed E-state index contributed by atoms with van der Waals surface area (Å²) in [6, 6.07) is 6.24. The quantitative estimate of drug-likeness (QED) is 0.402. The number of rotatable bonds is 5. The van der Waals surface area contributed by atoms with E-state index in [1.54, 1.807) is 4.52 Å². The number of phenolic OH excluding ortho intramolecular Hbond substituents is 1. The Morgan fingerprint density at radius 1 is 1.23 bits per heavy atom. The van der Waals surface area contributed by atoms with Crippen LogP contribution in [-0.4, -0.2) is 42.1 Å². The van der Waals surface area contributed by atoms with E-state index in [4.69, 9.17) is 0 Å². The highest BCUT2D eigenvalue weighted by molar-refractivity contribution is 7.99. The number of hydrogen-bond donors (Lipinski definition) is 2. The molecule has 8 nitrogen and oxygen atoms in total. The molecule has 1 amide bonds. The first-order valence-electron chi connectivity index (χ1n) is 7.81. The van der Waals surface area contributed by atoms with Gasteiger partial charge >= 0.3 is 0 Å². The minimum atomic E-state index is -0.327. The lowest BCUT2D eigenvalue weighted by Crippen LogP contribution is -2.08. The lowest BCUT2D eigenvalue weighted by Gasteiger charge is -2.07. The normalized spacial score (nSPS) is 10.9. The fraction of sp³-hybridized carbons (Fsp3) is 0.235. The van der Waals surface area contributed by atoms with E-state index < -0.39 is 0 Å². The van der Waals surface area contributed by atoms with Crippen molar-refractivity contribution in [3.05, 3.63) is 41.2 Å². The van der Waals surface area contributed by atoms with Crippen molar-refractivity contribution in [1.82, 2.24) is 19.6 Å². The maximum absolute atomic E-state index is 12.4. The molecule has 0 saturated heterocycles. The van der Waals surface area contributed by atoms with Crippen LogP contribution in [0.3, 0.4) is 0 Å². The van der Waals surface area contributed by atoms with Crippen molar-refractivity contribution in [2.45, 2.75) is 25.9 Å². The fourth-order valence-corrected chi connectivity index (χ4v) is 3.13. The number of phenols is 1. The SMILES string of the molecule is CC(=O)Nc1cc(C(=O)CSc2nc3nc(C)cc(C)n3n2)ccc1O. The van der Waals surface area contributed by atoms with Crippen molar-refractivity contribution in [3.63, 3.8) is 0 Å². The van der Waals surface area contributed by atoms with Gasteiger partial charge in [0.15, 0.2) is 5.78 Å². The number of carbonyl (C=O) groups excluding carboxylic acids is 2. The summed E-state index contributed by atoms with van der Waals surface area (Å²) in [5.41, 5.74) is 2.35. The van der Waals surface area contributed by atoms with Gasteiger partial charge < -0.3 is 10.4 Å². The number of thioether (sulfide) groups is 1. The van der Waals surface area contributed by atoms with Gasteiger partial charge in [-0.25, -0.2) is 9.50 Å². The Kier molecular flexibility index (Phi) is 4.90. The molecule has 0 fully saturated rings. The van der Waals surface area contributed by atoms with E-state index in [-0.39, 0.29) is 28.9 Å². The lowest BCUT2D eigenvalue weighted by molar-refractivity contribution is -0.114. The van der Waals surface area contributed by atoms with Gasteiger partial charge in [-0.2, -0.15) is 4.98 Å². The maximum Gasteiger partial charge on any atom is 0.253 e. The molecule has 2 heterocycles. The monoisotopic (exact) mass is 371 g/mol. The molecule has 0 unspecified atom stereocenters. The van der Waals surface area contributed by atoms with Crippen LogP contribution in [0, 0.1) is 13.8 Å². The Hall–Kier alpha value is -2.94. The van der Waals surface area contributed by atoms with E-state index in [2.05, 4.69) is 20.4 Å². The molecule has 3 rings (SSSR count). The summed E-state index contributed by atoms with van der Waals surface area (Å²) in [6.07, 6.45) is 0. The summed E-state index contributed by atoms with van der Waals surface area (Å²) in [7, 11) is 0. The number of nitrogens with zero attached hydrogens (tertiary/aromatic N) is 4. The number of aryl methyl sites for hydroxylation is 2. The van der Waals surface area contributed by atoms with E-state index in [1.165, 1.54) is 36.9 Å². The van der Waals surface area contributed by atoms with Gasteiger partial charge in [0.2, 0.25) is 11.1 Å². The van der Waals surface area contributed by atoms with Crippen molar-refractivity contribution in [2.24, 2.45) is 0 Å². The molecule has 3 aromatic rings. The number of benzene rings is 1. The molecule has 2 N–H and O–H groups in total. The summed E-state index contributed by atoms with van der Waals surface area (Å²) in [6.45, 7) is 5.13. The average molecular weight is 371 g/mol. The second kappa shape index (κ2) is 7.12. The predicted molar refractivity (Wildman–Crippen MR) is 97.7 cm³/mol. The predicted octanol–water partition coefficient (Wildman–Crippen LogP) is 2.38. The molecule has 26 heavy (non-hydrogen) atoms. The Bertz CT molecular complexity index is 1020. The van der Waals surface area contributed by atoms with Gasteiger partial charge in [0, 0.05) is 23.9 Å². The van der Waals surface area contributed by atoms with E-state index in [9.17, 15) is 14.7 Å². The number of aromatic nitrogens is 4. The molecule has 0 bridgehead atoms. The summed E-state index contributed by atoms with van der Waals surface area (Å²) in [5, 5.41) is 17.0. The third kappa shape index (κ3) is 3.83. The molecule has 0 radical (unpaired) electrons. The van der Waals surface area contributed by atoms with Crippen LogP contribution < -0.4 is 5.32 Å². The van der Waals surface area contributed by atoms with Gasteiger partial charge in [-0.05, 0) is 38.1 Å². The molecule has 0 aliphatic rings. The van der Waals surface area contributed by atoms with Gasteiger partial charge in [0.05, 0.1) is 11.4 Å².